The van der Waals surface area contributed by atoms with Crippen LogP contribution in [0.25, 0.3) is 33.5 Å². The van der Waals surface area contributed by atoms with Crippen LogP contribution in [0.3, 0.4) is 0 Å². The van der Waals surface area contributed by atoms with E-state index in [1.54, 1.807) is 23.1 Å². The Hall–Kier alpha value is -4.58. The molecule has 0 unspecified atom stereocenters. The Labute approximate surface area is 265 Å². The summed E-state index contributed by atoms with van der Waals surface area (Å²) >= 11 is 13.1. The predicted octanol–water partition coefficient (Wildman–Crippen LogP) is 9.35. The summed E-state index contributed by atoms with van der Waals surface area (Å²) in [6, 6.07) is 32.8. The van der Waals surface area contributed by atoms with Crippen LogP contribution in [0.2, 0.25) is 10.0 Å². The van der Waals surface area contributed by atoms with Crippen molar-refractivity contribution in [3.05, 3.63) is 141 Å². The first-order valence-electron chi connectivity index (χ1n) is 14.8. The van der Waals surface area contributed by atoms with Crippen LogP contribution in [-0.4, -0.2) is 15.0 Å². The van der Waals surface area contributed by atoms with Crippen LogP contribution in [0, 0.1) is 0 Å². The van der Waals surface area contributed by atoms with Crippen LogP contribution in [-0.2, 0) is 17.9 Å². The SMILES string of the molecule is O=C1/C(=C\c2cccn2CCCCCn2c3ccccc3c(=O)c3ccccc32)c2ccccc2N1c1c(Cl)cccc1Cl. The molecule has 6 aromatic rings. The standard InChI is InChI=1S/C37H29Cl2N3O2/c38-30-16-10-17-31(39)35(30)42-34-20-7-2-13-26(34)29(37(42)44)24-25-12-11-22-40(25)21-8-1-9-23-41-32-18-5-3-14-27(32)36(43)28-15-4-6-19-33(28)41/h2-7,10-20,22,24H,1,8-9,21,23H2/b29-24-. The molecule has 0 saturated heterocycles. The Balaban J connectivity index is 1.09. The number of unbranched alkanes of at least 4 members (excludes halogenated alkanes) is 2. The zero-order chi connectivity index (χ0) is 30.2. The van der Waals surface area contributed by atoms with Gasteiger partial charge in [0.1, 0.15) is 0 Å². The number of rotatable bonds is 8. The molecular weight excluding hydrogens is 589 g/mol. The van der Waals surface area contributed by atoms with Crippen molar-refractivity contribution in [1.82, 2.24) is 9.13 Å². The molecule has 2 aromatic heterocycles. The molecule has 0 radical (unpaired) electrons. The van der Waals surface area contributed by atoms with Crippen LogP contribution >= 0.6 is 23.2 Å². The summed E-state index contributed by atoms with van der Waals surface area (Å²) in [6.07, 6.45) is 7.00. The number of amides is 1. The third-order valence-corrected chi connectivity index (χ3v) is 8.96. The van der Waals surface area contributed by atoms with E-state index < -0.39 is 0 Å². The van der Waals surface area contributed by atoms with Gasteiger partial charge in [0.15, 0.2) is 5.43 Å². The van der Waals surface area contributed by atoms with Crippen molar-refractivity contribution in [2.45, 2.75) is 32.4 Å². The Morgan fingerprint density at radius 2 is 1.27 bits per heavy atom. The Kier molecular flexibility index (Phi) is 7.59. The maximum Gasteiger partial charge on any atom is 0.263 e. The molecule has 1 amide bonds. The third kappa shape index (κ3) is 4.92. The molecule has 7 heteroatoms. The molecule has 0 spiro atoms. The Bertz CT molecular complexity index is 2060. The number of fused-ring (bicyclic) bond motifs is 3. The van der Waals surface area contributed by atoms with Gasteiger partial charge in [0.05, 0.1) is 38.0 Å². The average molecular weight is 619 g/mol. The second kappa shape index (κ2) is 11.8. The summed E-state index contributed by atoms with van der Waals surface area (Å²) in [5, 5.41) is 2.37. The number of para-hydroxylation sites is 4. The van der Waals surface area contributed by atoms with E-state index in [0.717, 1.165) is 71.1 Å². The summed E-state index contributed by atoms with van der Waals surface area (Å²) in [5.41, 5.74) is 5.72. The highest BCUT2D eigenvalue weighted by Gasteiger charge is 2.35. The van der Waals surface area contributed by atoms with E-state index in [1.165, 1.54) is 0 Å². The second-order valence-corrected chi connectivity index (χ2v) is 11.8. The number of pyridine rings is 1. The number of carbonyl (C=O) groups excluding carboxylic acids is 1. The molecule has 218 valence electrons. The zero-order valence-corrected chi connectivity index (χ0v) is 25.4. The highest BCUT2D eigenvalue weighted by atomic mass is 35.5. The number of anilines is 2. The lowest BCUT2D eigenvalue weighted by molar-refractivity contribution is -0.112. The van der Waals surface area contributed by atoms with E-state index in [9.17, 15) is 9.59 Å². The molecule has 0 atom stereocenters. The van der Waals surface area contributed by atoms with Gasteiger partial charge in [-0.2, -0.15) is 0 Å². The van der Waals surface area contributed by atoms with Crippen LogP contribution in [0.5, 0.6) is 0 Å². The van der Waals surface area contributed by atoms with Crippen molar-refractivity contribution in [2.75, 3.05) is 4.90 Å². The first-order chi connectivity index (χ1) is 21.5. The lowest BCUT2D eigenvalue weighted by Crippen LogP contribution is -2.21. The lowest BCUT2D eigenvalue weighted by Gasteiger charge is -2.20. The first kappa shape index (κ1) is 28.2. The molecule has 4 aromatic carbocycles. The summed E-state index contributed by atoms with van der Waals surface area (Å²) in [5.74, 6) is -0.158. The van der Waals surface area contributed by atoms with Gasteiger partial charge < -0.3 is 9.13 Å². The molecule has 5 nitrogen and oxygen atoms in total. The van der Waals surface area contributed by atoms with E-state index >= 15 is 0 Å². The van der Waals surface area contributed by atoms with Crippen LogP contribution in [0.4, 0.5) is 11.4 Å². The molecular formula is C37H29Cl2N3O2. The van der Waals surface area contributed by atoms with Gasteiger partial charge in [-0.25, -0.2) is 0 Å². The van der Waals surface area contributed by atoms with Crippen molar-refractivity contribution in [1.29, 1.82) is 0 Å². The maximum atomic E-state index is 13.9. The van der Waals surface area contributed by atoms with Crippen LogP contribution in [0.1, 0.15) is 30.5 Å². The van der Waals surface area contributed by atoms with Gasteiger partial charge >= 0.3 is 0 Å². The molecule has 0 aliphatic carbocycles. The van der Waals surface area contributed by atoms with Gasteiger partial charge in [0, 0.05) is 41.3 Å². The smallest absolute Gasteiger partial charge is 0.263 e. The van der Waals surface area contributed by atoms with Crippen molar-refractivity contribution >= 4 is 73.9 Å². The fourth-order valence-electron chi connectivity index (χ4n) is 6.26. The molecule has 1 aliphatic heterocycles. The van der Waals surface area contributed by atoms with Gasteiger partial charge in [0.2, 0.25) is 0 Å². The fourth-order valence-corrected chi connectivity index (χ4v) is 6.83. The molecule has 3 heterocycles. The Morgan fingerprint density at radius 1 is 0.636 bits per heavy atom. The van der Waals surface area contributed by atoms with E-state index in [-0.39, 0.29) is 11.3 Å². The average Bonchev–Trinajstić information content (AvgIpc) is 3.60. The van der Waals surface area contributed by atoms with Gasteiger partial charge in [-0.15, -0.1) is 0 Å². The first-order valence-corrected chi connectivity index (χ1v) is 15.5. The predicted molar refractivity (Wildman–Crippen MR) is 182 cm³/mol. The number of aromatic nitrogens is 2. The van der Waals surface area contributed by atoms with E-state index in [1.807, 2.05) is 91.0 Å². The monoisotopic (exact) mass is 617 g/mol. The summed E-state index contributed by atoms with van der Waals surface area (Å²) in [6.45, 7) is 1.66. The number of carbonyl (C=O) groups is 1. The largest absolute Gasteiger partial charge is 0.348 e. The van der Waals surface area contributed by atoms with Gasteiger partial charge in [-0.3, -0.25) is 14.5 Å². The van der Waals surface area contributed by atoms with Crippen molar-refractivity contribution in [3.63, 3.8) is 0 Å². The number of halogens is 2. The molecule has 0 N–H and O–H groups in total. The van der Waals surface area contributed by atoms with E-state index in [2.05, 4.69) is 15.3 Å². The van der Waals surface area contributed by atoms with Gasteiger partial charge in [-0.05, 0) is 79.9 Å². The number of aryl methyl sites for hydroxylation is 2. The van der Waals surface area contributed by atoms with Crippen molar-refractivity contribution in [3.8, 4) is 0 Å². The molecule has 0 fully saturated rings. The minimum absolute atomic E-state index is 0.0863. The highest BCUT2D eigenvalue weighted by molar-refractivity contribution is 6.44. The fraction of sp³-hybridized carbons (Fsp3) is 0.135. The molecule has 0 bridgehead atoms. The summed E-state index contributed by atoms with van der Waals surface area (Å²) < 4.78 is 4.47. The van der Waals surface area contributed by atoms with Crippen LogP contribution in [0.15, 0.2) is 114 Å². The zero-order valence-electron chi connectivity index (χ0n) is 23.9. The topological polar surface area (TPSA) is 47.2 Å². The van der Waals surface area contributed by atoms with Gasteiger partial charge in [-0.1, -0.05) is 71.7 Å². The summed E-state index contributed by atoms with van der Waals surface area (Å²) in [4.78, 5) is 28.5. The van der Waals surface area contributed by atoms with Crippen molar-refractivity contribution in [2.24, 2.45) is 0 Å². The molecule has 0 saturated carbocycles. The minimum Gasteiger partial charge on any atom is -0.348 e. The number of benzene rings is 4. The normalized spacial score (nSPS) is 13.8. The number of nitrogens with zero attached hydrogens (tertiary/aromatic N) is 3. The van der Waals surface area contributed by atoms with E-state index in [0.29, 0.717) is 21.3 Å². The van der Waals surface area contributed by atoms with Crippen LogP contribution < -0.4 is 10.3 Å². The molecule has 1 aliphatic rings. The van der Waals surface area contributed by atoms with Crippen molar-refractivity contribution < 1.29 is 4.79 Å². The summed E-state index contributed by atoms with van der Waals surface area (Å²) in [7, 11) is 0. The number of hydrogen-bond acceptors (Lipinski definition) is 2. The minimum atomic E-state index is -0.158. The number of hydrogen-bond donors (Lipinski definition) is 0. The second-order valence-electron chi connectivity index (χ2n) is 11.0. The Morgan fingerprint density at radius 3 is 2.00 bits per heavy atom. The maximum absolute atomic E-state index is 13.9. The highest BCUT2D eigenvalue weighted by Crippen LogP contribution is 2.46. The van der Waals surface area contributed by atoms with E-state index in [4.69, 9.17) is 23.2 Å². The molecule has 44 heavy (non-hydrogen) atoms. The van der Waals surface area contributed by atoms with Gasteiger partial charge in [0.25, 0.3) is 5.91 Å². The third-order valence-electron chi connectivity index (χ3n) is 8.35. The quantitative estimate of drug-likeness (QED) is 0.0970. The lowest BCUT2D eigenvalue weighted by atomic mass is 10.1. The molecule has 7 rings (SSSR count).